The van der Waals surface area contributed by atoms with Crippen molar-refractivity contribution in [2.45, 2.75) is 25.6 Å². The van der Waals surface area contributed by atoms with Crippen LogP contribution in [-0.4, -0.2) is 49.5 Å². The summed E-state index contributed by atoms with van der Waals surface area (Å²) in [4.78, 5) is 12.7. The maximum atomic E-state index is 11.9. The van der Waals surface area contributed by atoms with Crippen molar-refractivity contribution in [3.05, 3.63) is 0 Å². The number of hydrogen-bond donors (Lipinski definition) is 1. The number of morpholine rings is 1. The fourth-order valence-electron chi connectivity index (χ4n) is 1.44. The summed E-state index contributed by atoms with van der Waals surface area (Å²) in [6.07, 6.45) is -3.71. The first-order valence-corrected chi connectivity index (χ1v) is 5.13. The number of rotatable bonds is 2. The average molecular weight is 240 g/mol. The van der Waals surface area contributed by atoms with E-state index >= 15 is 0 Å². The minimum Gasteiger partial charge on any atom is -0.375 e. The lowest BCUT2D eigenvalue weighted by atomic mass is 10.2. The second-order valence-electron chi connectivity index (χ2n) is 3.62. The van der Waals surface area contributed by atoms with E-state index in [2.05, 4.69) is 0 Å². The highest BCUT2D eigenvalue weighted by Crippen LogP contribution is 2.13. The van der Waals surface area contributed by atoms with Crippen LogP contribution in [0.2, 0.25) is 0 Å². The largest absolute Gasteiger partial charge is 0.405 e. The first kappa shape index (κ1) is 13.1. The van der Waals surface area contributed by atoms with Crippen LogP contribution in [0.25, 0.3) is 0 Å². The van der Waals surface area contributed by atoms with Crippen LogP contribution >= 0.6 is 0 Å². The van der Waals surface area contributed by atoms with E-state index in [1.807, 2.05) is 12.2 Å². The number of amides is 2. The van der Waals surface area contributed by atoms with Gasteiger partial charge >= 0.3 is 12.2 Å². The van der Waals surface area contributed by atoms with Gasteiger partial charge in [0.15, 0.2) is 0 Å². The summed E-state index contributed by atoms with van der Waals surface area (Å²) < 4.78 is 40.9. The van der Waals surface area contributed by atoms with Crippen LogP contribution in [0.1, 0.15) is 13.3 Å². The Kier molecular flexibility index (Phi) is 4.40. The molecular weight excluding hydrogens is 225 g/mol. The Hall–Kier alpha value is -0.980. The van der Waals surface area contributed by atoms with E-state index in [4.69, 9.17) is 4.74 Å². The van der Waals surface area contributed by atoms with E-state index in [1.54, 1.807) is 0 Å². The molecule has 4 nitrogen and oxygen atoms in total. The first-order valence-electron chi connectivity index (χ1n) is 5.13. The van der Waals surface area contributed by atoms with E-state index in [1.165, 1.54) is 4.90 Å². The van der Waals surface area contributed by atoms with E-state index in [0.717, 1.165) is 6.42 Å². The topological polar surface area (TPSA) is 41.6 Å². The summed E-state index contributed by atoms with van der Waals surface area (Å²) in [5, 5.41) is 1.84. The molecule has 0 aliphatic carbocycles. The number of halogens is 3. The third-order valence-electron chi connectivity index (χ3n) is 2.32. The van der Waals surface area contributed by atoms with Crippen molar-refractivity contribution in [3.63, 3.8) is 0 Å². The molecule has 0 radical (unpaired) electrons. The molecule has 2 amide bonds. The SMILES string of the molecule is CCC1CN(C(=O)NCC(F)(F)F)CCO1. The van der Waals surface area contributed by atoms with Crippen LogP contribution in [-0.2, 0) is 4.74 Å². The summed E-state index contributed by atoms with van der Waals surface area (Å²) in [6, 6.07) is -0.681. The van der Waals surface area contributed by atoms with Gasteiger partial charge in [0.25, 0.3) is 0 Å². The molecule has 1 unspecified atom stereocenters. The molecule has 94 valence electrons. The lowest BCUT2D eigenvalue weighted by Gasteiger charge is -2.32. The highest BCUT2D eigenvalue weighted by atomic mass is 19.4. The molecule has 1 rings (SSSR count). The van der Waals surface area contributed by atoms with Crippen LogP contribution in [0.5, 0.6) is 0 Å². The maximum Gasteiger partial charge on any atom is 0.405 e. The lowest BCUT2D eigenvalue weighted by molar-refractivity contribution is -0.123. The Morgan fingerprint density at radius 2 is 2.25 bits per heavy atom. The second-order valence-corrected chi connectivity index (χ2v) is 3.62. The number of urea groups is 1. The summed E-state index contributed by atoms with van der Waals surface area (Å²) in [7, 11) is 0. The van der Waals surface area contributed by atoms with Crippen molar-refractivity contribution in [2.24, 2.45) is 0 Å². The van der Waals surface area contributed by atoms with Gasteiger partial charge in [-0.05, 0) is 6.42 Å². The summed E-state index contributed by atoms with van der Waals surface area (Å²) in [6.45, 7) is 1.67. The van der Waals surface area contributed by atoms with Gasteiger partial charge in [-0.3, -0.25) is 0 Å². The van der Waals surface area contributed by atoms with Gasteiger partial charge in [0.2, 0.25) is 0 Å². The lowest BCUT2D eigenvalue weighted by Crippen LogP contribution is -2.50. The normalized spacial score (nSPS) is 22.0. The van der Waals surface area contributed by atoms with Gasteiger partial charge in [-0.1, -0.05) is 6.92 Å². The monoisotopic (exact) mass is 240 g/mol. The number of nitrogens with one attached hydrogen (secondary N) is 1. The third kappa shape index (κ3) is 4.26. The fourth-order valence-corrected chi connectivity index (χ4v) is 1.44. The molecule has 0 aromatic carbocycles. The molecule has 1 saturated heterocycles. The standard InChI is InChI=1S/C9H15F3N2O2/c1-2-7-5-14(3-4-16-7)8(15)13-6-9(10,11)12/h7H,2-6H2,1H3,(H,13,15). The molecule has 1 atom stereocenters. The molecule has 1 aliphatic rings. The van der Waals surface area contributed by atoms with Crippen molar-refractivity contribution in [2.75, 3.05) is 26.2 Å². The van der Waals surface area contributed by atoms with E-state index in [0.29, 0.717) is 19.7 Å². The quantitative estimate of drug-likeness (QED) is 0.792. The Labute approximate surface area is 91.7 Å². The van der Waals surface area contributed by atoms with Gasteiger partial charge in [-0.15, -0.1) is 0 Å². The van der Waals surface area contributed by atoms with Crippen molar-refractivity contribution in [1.82, 2.24) is 10.2 Å². The number of nitrogens with zero attached hydrogens (tertiary/aromatic N) is 1. The Morgan fingerprint density at radius 3 is 2.81 bits per heavy atom. The van der Waals surface area contributed by atoms with Crippen molar-refractivity contribution >= 4 is 6.03 Å². The van der Waals surface area contributed by atoms with Crippen molar-refractivity contribution in [1.29, 1.82) is 0 Å². The molecule has 1 aliphatic heterocycles. The minimum absolute atomic E-state index is 0.0783. The van der Waals surface area contributed by atoms with Gasteiger partial charge in [-0.2, -0.15) is 13.2 Å². The second kappa shape index (κ2) is 5.38. The molecule has 7 heteroatoms. The summed E-state index contributed by atoms with van der Waals surface area (Å²) >= 11 is 0. The van der Waals surface area contributed by atoms with Crippen LogP contribution in [0.3, 0.4) is 0 Å². The summed E-state index contributed by atoms with van der Waals surface area (Å²) in [5.74, 6) is 0. The Morgan fingerprint density at radius 1 is 1.56 bits per heavy atom. The van der Waals surface area contributed by atoms with Crippen molar-refractivity contribution < 1.29 is 22.7 Å². The molecule has 0 aromatic rings. The third-order valence-corrected chi connectivity index (χ3v) is 2.32. The van der Waals surface area contributed by atoms with Crippen molar-refractivity contribution in [3.8, 4) is 0 Å². The molecule has 0 bridgehead atoms. The fraction of sp³-hybridized carbons (Fsp3) is 0.889. The zero-order chi connectivity index (χ0) is 12.2. The molecule has 1 N–H and O–H groups in total. The van der Waals surface area contributed by atoms with Gasteiger partial charge in [0.05, 0.1) is 12.7 Å². The van der Waals surface area contributed by atoms with Gasteiger partial charge in [-0.25, -0.2) is 4.79 Å². The number of alkyl halides is 3. The number of hydrogen-bond acceptors (Lipinski definition) is 2. The summed E-state index contributed by atoms with van der Waals surface area (Å²) in [5.41, 5.74) is 0. The molecule has 16 heavy (non-hydrogen) atoms. The predicted octanol–water partition coefficient (Wildman–Crippen LogP) is 1.37. The average Bonchev–Trinajstić information content (AvgIpc) is 2.25. The van der Waals surface area contributed by atoms with E-state index in [-0.39, 0.29) is 6.10 Å². The van der Waals surface area contributed by atoms with Crippen LogP contribution in [0.15, 0.2) is 0 Å². The van der Waals surface area contributed by atoms with E-state index < -0.39 is 18.8 Å². The zero-order valence-electron chi connectivity index (χ0n) is 9.01. The number of ether oxygens (including phenoxy) is 1. The van der Waals surface area contributed by atoms with Gasteiger partial charge < -0.3 is 15.0 Å². The molecule has 0 aromatic heterocycles. The minimum atomic E-state index is -4.37. The van der Waals surface area contributed by atoms with Gasteiger partial charge in [0.1, 0.15) is 6.54 Å². The van der Waals surface area contributed by atoms with Crippen LogP contribution < -0.4 is 5.32 Å². The van der Waals surface area contributed by atoms with E-state index in [9.17, 15) is 18.0 Å². The van der Waals surface area contributed by atoms with Crippen LogP contribution in [0.4, 0.5) is 18.0 Å². The number of carbonyl (C=O) groups is 1. The predicted molar refractivity (Wildman–Crippen MR) is 51.1 cm³/mol. The first-order chi connectivity index (χ1) is 7.42. The molecule has 1 fully saturated rings. The number of carbonyl (C=O) groups excluding carboxylic acids is 1. The Balaban J connectivity index is 2.36. The zero-order valence-corrected chi connectivity index (χ0v) is 9.01. The van der Waals surface area contributed by atoms with Crippen LogP contribution in [0, 0.1) is 0 Å². The Bertz CT molecular complexity index is 245. The molecular formula is C9H15F3N2O2. The smallest absolute Gasteiger partial charge is 0.375 e. The maximum absolute atomic E-state index is 11.9. The van der Waals surface area contributed by atoms with Gasteiger partial charge in [0, 0.05) is 13.1 Å². The molecule has 0 spiro atoms. The highest BCUT2D eigenvalue weighted by molar-refractivity contribution is 5.74. The molecule has 0 saturated carbocycles. The molecule has 1 heterocycles. The highest BCUT2D eigenvalue weighted by Gasteiger charge is 2.30.